The Kier molecular flexibility index (Phi) is 2.55. The third-order valence-electron chi connectivity index (χ3n) is 3.64. The molecule has 16 heavy (non-hydrogen) atoms. The van der Waals surface area contributed by atoms with Gasteiger partial charge in [0, 0.05) is 12.8 Å². The SMILES string of the molecule is O=S1(=O)C2CCCC1CC(O)(C(F)(F)F)C2. The molecular weight excluding hydrogens is 245 g/mol. The molecule has 2 aliphatic rings. The first-order valence-corrected chi connectivity index (χ1v) is 6.79. The van der Waals surface area contributed by atoms with Gasteiger partial charge in [0.1, 0.15) is 0 Å². The predicted octanol–water partition coefficient (Wildman–Crippen LogP) is 1.41. The predicted molar refractivity (Wildman–Crippen MR) is 50.6 cm³/mol. The Labute approximate surface area is 91.6 Å². The maximum atomic E-state index is 12.6. The second kappa shape index (κ2) is 3.35. The van der Waals surface area contributed by atoms with Crippen LogP contribution in [0.2, 0.25) is 0 Å². The van der Waals surface area contributed by atoms with Crippen LogP contribution in [-0.4, -0.2) is 35.8 Å². The van der Waals surface area contributed by atoms with Crippen LogP contribution >= 0.6 is 0 Å². The Bertz CT molecular complexity index is 367. The average Bonchev–Trinajstić information content (AvgIpc) is 2.05. The average molecular weight is 258 g/mol. The van der Waals surface area contributed by atoms with E-state index in [0.29, 0.717) is 6.42 Å². The third kappa shape index (κ3) is 1.64. The van der Waals surface area contributed by atoms with Crippen LogP contribution in [0.1, 0.15) is 32.1 Å². The molecule has 0 saturated carbocycles. The van der Waals surface area contributed by atoms with Crippen LogP contribution in [0.3, 0.4) is 0 Å². The zero-order valence-corrected chi connectivity index (χ0v) is 9.31. The van der Waals surface area contributed by atoms with Gasteiger partial charge in [0.25, 0.3) is 0 Å². The number of aliphatic hydroxyl groups is 1. The van der Waals surface area contributed by atoms with Gasteiger partial charge in [0.2, 0.25) is 0 Å². The second-order valence-electron chi connectivity index (χ2n) is 4.70. The lowest BCUT2D eigenvalue weighted by Crippen LogP contribution is -2.58. The van der Waals surface area contributed by atoms with Gasteiger partial charge >= 0.3 is 6.18 Å². The van der Waals surface area contributed by atoms with Gasteiger partial charge in [-0.1, -0.05) is 6.42 Å². The molecule has 7 heteroatoms. The van der Waals surface area contributed by atoms with Crippen LogP contribution in [0.25, 0.3) is 0 Å². The summed E-state index contributed by atoms with van der Waals surface area (Å²) >= 11 is 0. The molecule has 1 N–H and O–H groups in total. The lowest BCUT2D eigenvalue weighted by atomic mass is 9.85. The molecule has 0 spiro atoms. The van der Waals surface area contributed by atoms with Crippen LogP contribution in [0, 0.1) is 0 Å². The van der Waals surface area contributed by atoms with Crippen molar-refractivity contribution in [3.8, 4) is 0 Å². The zero-order chi connectivity index (χ0) is 12.2. The molecule has 2 rings (SSSR count). The summed E-state index contributed by atoms with van der Waals surface area (Å²) in [6.45, 7) is 0. The highest BCUT2D eigenvalue weighted by Gasteiger charge is 2.61. The van der Waals surface area contributed by atoms with Crippen LogP contribution in [0.5, 0.6) is 0 Å². The molecule has 2 bridgehead atoms. The molecular formula is C9H13F3O3S. The fraction of sp³-hybridized carbons (Fsp3) is 1.00. The van der Waals surface area contributed by atoms with E-state index in [1.807, 2.05) is 0 Å². The maximum Gasteiger partial charge on any atom is 0.417 e. The molecule has 0 aromatic carbocycles. The van der Waals surface area contributed by atoms with E-state index < -0.39 is 45.0 Å². The van der Waals surface area contributed by atoms with E-state index in [4.69, 9.17) is 0 Å². The second-order valence-corrected chi connectivity index (χ2v) is 7.21. The van der Waals surface area contributed by atoms with Crippen LogP contribution in [0.15, 0.2) is 0 Å². The molecule has 2 unspecified atom stereocenters. The summed E-state index contributed by atoms with van der Waals surface area (Å²) < 4.78 is 61.4. The fourth-order valence-corrected chi connectivity index (χ4v) is 5.23. The Morgan fingerprint density at radius 3 is 1.94 bits per heavy atom. The van der Waals surface area contributed by atoms with Crippen molar-refractivity contribution >= 4 is 9.84 Å². The molecule has 2 fully saturated rings. The van der Waals surface area contributed by atoms with E-state index in [0.717, 1.165) is 0 Å². The molecule has 0 amide bonds. The van der Waals surface area contributed by atoms with Gasteiger partial charge in [-0.05, 0) is 12.8 Å². The standard InChI is InChI=1S/C9H13F3O3S/c10-9(11,12)8(13)4-6-2-1-3-7(5-8)16(6,14)15/h6-7,13H,1-5H2. The largest absolute Gasteiger partial charge is 0.417 e. The number of halogens is 3. The minimum atomic E-state index is -4.74. The molecule has 2 heterocycles. The van der Waals surface area contributed by atoms with E-state index in [1.54, 1.807) is 0 Å². The molecule has 2 aliphatic heterocycles. The number of sulfone groups is 1. The van der Waals surface area contributed by atoms with Gasteiger partial charge in [-0.15, -0.1) is 0 Å². The van der Waals surface area contributed by atoms with Crippen molar-refractivity contribution in [2.24, 2.45) is 0 Å². The van der Waals surface area contributed by atoms with Crippen molar-refractivity contribution in [1.82, 2.24) is 0 Å². The number of alkyl halides is 3. The van der Waals surface area contributed by atoms with Crippen molar-refractivity contribution < 1.29 is 26.7 Å². The fourth-order valence-electron chi connectivity index (χ4n) is 2.68. The maximum absolute atomic E-state index is 12.6. The third-order valence-corrected chi connectivity index (χ3v) is 6.30. The van der Waals surface area contributed by atoms with Gasteiger partial charge in [0.05, 0.1) is 10.5 Å². The molecule has 0 aromatic rings. The number of hydrogen-bond donors (Lipinski definition) is 1. The van der Waals surface area contributed by atoms with Gasteiger partial charge in [0.15, 0.2) is 15.4 Å². The van der Waals surface area contributed by atoms with Crippen molar-refractivity contribution in [3.05, 3.63) is 0 Å². The molecule has 0 aromatic heterocycles. The molecule has 0 aliphatic carbocycles. The van der Waals surface area contributed by atoms with Crippen molar-refractivity contribution in [1.29, 1.82) is 0 Å². The van der Waals surface area contributed by atoms with Crippen LogP contribution in [-0.2, 0) is 9.84 Å². The summed E-state index contributed by atoms with van der Waals surface area (Å²) in [6, 6.07) is 0. The highest BCUT2D eigenvalue weighted by molar-refractivity contribution is 7.92. The van der Waals surface area contributed by atoms with Crippen molar-refractivity contribution in [3.63, 3.8) is 0 Å². The highest BCUT2D eigenvalue weighted by atomic mass is 32.2. The zero-order valence-electron chi connectivity index (χ0n) is 8.50. The van der Waals surface area contributed by atoms with E-state index in [9.17, 15) is 26.7 Å². The molecule has 94 valence electrons. The summed E-state index contributed by atoms with van der Waals surface area (Å²) in [5, 5.41) is 7.51. The van der Waals surface area contributed by atoms with Gasteiger partial charge in [-0.25, -0.2) is 8.42 Å². The van der Waals surface area contributed by atoms with E-state index >= 15 is 0 Å². The monoisotopic (exact) mass is 258 g/mol. The highest BCUT2D eigenvalue weighted by Crippen LogP contribution is 2.47. The topological polar surface area (TPSA) is 54.4 Å². The Morgan fingerprint density at radius 2 is 1.56 bits per heavy atom. The molecule has 2 saturated heterocycles. The number of rotatable bonds is 0. The van der Waals surface area contributed by atoms with E-state index in [-0.39, 0.29) is 12.8 Å². The lowest BCUT2D eigenvalue weighted by Gasteiger charge is -2.44. The normalized spacial score (nSPS) is 43.0. The van der Waals surface area contributed by atoms with Crippen LogP contribution < -0.4 is 0 Å². The number of fused-ring (bicyclic) bond motifs is 2. The Morgan fingerprint density at radius 1 is 1.12 bits per heavy atom. The lowest BCUT2D eigenvalue weighted by molar-refractivity contribution is -0.267. The molecule has 3 nitrogen and oxygen atoms in total. The first-order chi connectivity index (χ1) is 7.17. The first kappa shape index (κ1) is 12.2. The van der Waals surface area contributed by atoms with Gasteiger partial charge in [-0.3, -0.25) is 0 Å². The van der Waals surface area contributed by atoms with Gasteiger partial charge in [-0.2, -0.15) is 13.2 Å². The minimum absolute atomic E-state index is 0.233. The molecule has 2 atom stereocenters. The first-order valence-electron chi connectivity index (χ1n) is 5.19. The van der Waals surface area contributed by atoms with Crippen LogP contribution in [0.4, 0.5) is 13.2 Å². The van der Waals surface area contributed by atoms with Crippen molar-refractivity contribution in [2.45, 2.75) is 54.4 Å². The molecule has 0 radical (unpaired) electrons. The summed E-state index contributed by atoms with van der Waals surface area (Å²) in [5.41, 5.74) is -2.81. The smallest absolute Gasteiger partial charge is 0.380 e. The van der Waals surface area contributed by atoms with E-state index in [2.05, 4.69) is 0 Å². The Balaban J connectivity index is 2.35. The number of hydrogen-bond acceptors (Lipinski definition) is 3. The summed E-state index contributed by atoms with van der Waals surface area (Å²) in [7, 11) is -3.46. The van der Waals surface area contributed by atoms with Crippen molar-refractivity contribution in [2.75, 3.05) is 0 Å². The van der Waals surface area contributed by atoms with E-state index in [1.165, 1.54) is 0 Å². The Hall–Kier alpha value is -0.300. The summed E-state index contributed by atoms with van der Waals surface area (Å²) in [4.78, 5) is 0. The van der Waals surface area contributed by atoms with Gasteiger partial charge < -0.3 is 5.11 Å². The summed E-state index contributed by atoms with van der Waals surface area (Å²) in [5.74, 6) is 0. The quantitative estimate of drug-likeness (QED) is 0.714. The minimum Gasteiger partial charge on any atom is -0.380 e. The summed E-state index contributed by atoms with van der Waals surface area (Å²) in [6.07, 6.45) is -5.04.